The largest absolute Gasteiger partial charge is 0.302 e. The van der Waals surface area contributed by atoms with E-state index in [4.69, 9.17) is 0 Å². The van der Waals surface area contributed by atoms with Crippen LogP contribution < -0.4 is 5.32 Å². The van der Waals surface area contributed by atoms with Crippen LogP contribution in [0.4, 0.5) is 11.4 Å². The molecule has 1 saturated heterocycles. The van der Waals surface area contributed by atoms with Crippen LogP contribution in [0.3, 0.4) is 0 Å². The molecule has 0 radical (unpaired) electrons. The van der Waals surface area contributed by atoms with Crippen molar-refractivity contribution in [3.8, 4) is 0 Å². The molecule has 0 spiro atoms. The van der Waals surface area contributed by atoms with Gasteiger partial charge < -0.3 is 5.32 Å². The summed E-state index contributed by atoms with van der Waals surface area (Å²) in [5, 5.41) is 2.42. The molecule has 1 heterocycles. The normalized spacial score (nSPS) is 17.2. The van der Waals surface area contributed by atoms with Crippen LogP contribution >= 0.6 is 0 Å². The highest BCUT2D eigenvalue weighted by atomic mass is 16.2. The summed E-state index contributed by atoms with van der Waals surface area (Å²) < 4.78 is 0. The van der Waals surface area contributed by atoms with Gasteiger partial charge in [-0.25, -0.2) is 9.98 Å². The molecule has 2 aromatic rings. The predicted octanol–water partition coefficient (Wildman–Crippen LogP) is 2.20. The number of nitrogens with one attached hydrogen (secondary N) is 1. The van der Waals surface area contributed by atoms with Crippen LogP contribution in [0.15, 0.2) is 58.5 Å². The van der Waals surface area contributed by atoms with E-state index in [1.165, 1.54) is 0 Å². The number of nitrogens with zero attached hydrogens (tertiary/aromatic N) is 2. The standard InChI is InChI=1S/C19H13N3O4/c23-10-12-3-1-5-14(7-12)20-16-9-17(25)19(26)22-18(16)21-15-6-2-4-13(8-15)11-24/h1-8,10-11H,9H2,(H,21,22,26). The Morgan fingerprint density at radius 1 is 0.846 bits per heavy atom. The molecule has 0 aliphatic carbocycles. The Morgan fingerprint density at radius 2 is 1.42 bits per heavy atom. The molecule has 0 aromatic heterocycles. The zero-order valence-electron chi connectivity index (χ0n) is 13.5. The van der Waals surface area contributed by atoms with Crippen LogP contribution in [0.1, 0.15) is 27.1 Å². The van der Waals surface area contributed by atoms with Gasteiger partial charge in [0.15, 0.2) is 5.84 Å². The number of hydrogen-bond donors (Lipinski definition) is 1. The summed E-state index contributed by atoms with van der Waals surface area (Å²) in [6, 6.07) is 13.0. The van der Waals surface area contributed by atoms with E-state index in [-0.39, 0.29) is 18.0 Å². The predicted molar refractivity (Wildman–Crippen MR) is 95.6 cm³/mol. The number of carbonyl (C=O) groups excluding carboxylic acids is 4. The Hall–Kier alpha value is -3.74. The number of aldehydes is 2. The van der Waals surface area contributed by atoms with Crippen molar-refractivity contribution in [2.75, 3.05) is 0 Å². The lowest BCUT2D eigenvalue weighted by Crippen LogP contribution is -2.47. The minimum Gasteiger partial charge on any atom is -0.302 e. The Kier molecular flexibility index (Phi) is 4.89. The molecule has 2 aromatic carbocycles. The van der Waals surface area contributed by atoms with Gasteiger partial charge in [0.25, 0.3) is 5.91 Å². The molecule has 26 heavy (non-hydrogen) atoms. The van der Waals surface area contributed by atoms with Gasteiger partial charge in [0, 0.05) is 11.1 Å². The van der Waals surface area contributed by atoms with Gasteiger partial charge in [0.1, 0.15) is 12.6 Å². The van der Waals surface area contributed by atoms with Gasteiger partial charge >= 0.3 is 0 Å². The van der Waals surface area contributed by atoms with E-state index in [9.17, 15) is 19.2 Å². The molecule has 0 atom stereocenters. The second-order valence-electron chi connectivity index (χ2n) is 5.50. The molecule has 3 rings (SSSR count). The third-order valence-electron chi connectivity index (χ3n) is 3.60. The number of carbonyl (C=O) groups is 4. The van der Waals surface area contributed by atoms with E-state index in [1.54, 1.807) is 48.5 Å². The van der Waals surface area contributed by atoms with Gasteiger partial charge in [-0.3, -0.25) is 19.2 Å². The maximum Gasteiger partial charge on any atom is 0.293 e. The third kappa shape index (κ3) is 3.84. The first-order chi connectivity index (χ1) is 12.6. The highest BCUT2D eigenvalue weighted by Crippen LogP contribution is 2.18. The summed E-state index contributed by atoms with van der Waals surface area (Å²) >= 11 is 0. The Bertz CT molecular complexity index is 897. The molecule has 0 bridgehead atoms. The average molecular weight is 347 g/mol. The van der Waals surface area contributed by atoms with Crippen molar-refractivity contribution in [2.45, 2.75) is 6.42 Å². The van der Waals surface area contributed by atoms with Crippen LogP contribution in [0.2, 0.25) is 0 Å². The minimum absolute atomic E-state index is 0.133. The van der Waals surface area contributed by atoms with Crippen molar-refractivity contribution in [3.05, 3.63) is 59.7 Å². The number of Topliss-reactive ketones (excluding diaryl/α,β-unsaturated/α-hetero) is 1. The van der Waals surface area contributed by atoms with E-state index < -0.39 is 11.7 Å². The number of amidine groups is 1. The molecular weight excluding hydrogens is 334 g/mol. The topological polar surface area (TPSA) is 105 Å². The zero-order chi connectivity index (χ0) is 18.5. The summed E-state index contributed by atoms with van der Waals surface area (Å²) in [6.45, 7) is 0. The highest BCUT2D eigenvalue weighted by Gasteiger charge is 2.28. The van der Waals surface area contributed by atoms with Crippen molar-refractivity contribution in [1.82, 2.24) is 5.32 Å². The molecule has 1 amide bonds. The SMILES string of the molecule is O=Cc1cccc(N=C2CC(=O)C(=O)NC2=Nc2cccc(C=O)c2)c1. The van der Waals surface area contributed by atoms with Crippen molar-refractivity contribution in [3.63, 3.8) is 0 Å². The maximum atomic E-state index is 11.8. The summed E-state index contributed by atoms with van der Waals surface area (Å²) in [5.74, 6) is -1.26. The number of piperidine rings is 1. The minimum atomic E-state index is -0.768. The smallest absolute Gasteiger partial charge is 0.293 e. The number of benzene rings is 2. The number of aliphatic imine (C=N–C) groups is 2. The van der Waals surface area contributed by atoms with Crippen LogP contribution in [-0.2, 0) is 9.59 Å². The molecule has 7 nitrogen and oxygen atoms in total. The monoisotopic (exact) mass is 347 g/mol. The highest BCUT2D eigenvalue weighted by molar-refractivity contribution is 6.59. The molecule has 1 aliphatic heterocycles. The molecular formula is C19H13N3O4. The first-order valence-corrected chi connectivity index (χ1v) is 7.70. The van der Waals surface area contributed by atoms with E-state index >= 15 is 0 Å². The third-order valence-corrected chi connectivity index (χ3v) is 3.60. The second-order valence-corrected chi connectivity index (χ2v) is 5.50. The van der Waals surface area contributed by atoms with Gasteiger partial charge in [0.2, 0.25) is 5.78 Å². The first kappa shape index (κ1) is 17.1. The lowest BCUT2D eigenvalue weighted by Gasteiger charge is -2.16. The lowest BCUT2D eigenvalue weighted by atomic mass is 10.1. The van der Waals surface area contributed by atoms with Gasteiger partial charge in [-0.1, -0.05) is 24.3 Å². The second kappa shape index (κ2) is 7.43. The van der Waals surface area contributed by atoms with Crippen molar-refractivity contribution < 1.29 is 19.2 Å². The molecule has 0 unspecified atom stereocenters. The zero-order valence-corrected chi connectivity index (χ0v) is 13.5. The van der Waals surface area contributed by atoms with Crippen LogP contribution in [0.25, 0.3) is 0 Å². The lowest BCUT2D eigenvalue weighted by molar-refractivity contribution is -0.136. The fourth-order valence-corrected chi connectivity index (χ4v) is 2.37. The van der Waals surface area contributed by atoms with Crippen LogP contribution in [-0.4, -0.2) is 35.8 Å². The molecule has 1 fully saturated rings. The van der Waals surface area contributed by atoms with Gasteiger partial charge in [-0.2, -0.15) is 0 Å². The number of ketones is 1. The Labute approximate surface area is 148 Å². The van der Waals surface area contributed by atoms with E-state index in [1.807, 2.05) is 0 Å². The van der Waals surface area contributed by atoms with Crippen molar-refractivity contribution in [1.29, 1.82) is 0 Å². The average Bonchev–Trinajstić information content (AvgIpc) is 2.66. The van der Waals surface area contributed by atoms with E-state index in [2.05, 4.69) is 15.3 Å². The van der Waals surface area contributed by atoms with E-state index in [0.717, 1.165) is 0 Å². The first-order valence-electron chi connectivity index (χ1n) is 7.70. The molecule has 1 aliphatic rings. The molecule has 128 valence electrons. The van der Waals surface area contributed by atoms with Crippen molar-refractivity contribution in [2.24, 2.45) is 9.98 Å². The van der Waals surface area contributed by atoms with Gasteiger partial charge in [0.05, 0.1) is 23.5 Å². The van der Waals surface area contributed by atoms with Gasteiger partial charge in [-0.05, 0) is 24.3 Å². The molecule has 7 heteroatoms. The number of rotatable bonds is 4. The van der Waals surface area contributed by atoms with Crippen LogP contribution in [0.5, 0.6) is 0 Å². The number of amides is 1. The summed E-state index contributed by atoms with van der Waals surface area (Å²) in [7, 11) is 0. The molecule has 0 saturated carbocycles. The summed E-state index contributed by atoms with van der Waals surface area (Å²) in [4.78, 5) is 53.9. The summed E-state index contributed by atoms with van der Waals surface area (Å²) in [5.41, 5.74) is 2.04. The fourth-order valence-electron chi connectivity index (χ4n) is 2.37. The summed E-state index contributed by atoms with van der Waals surface area (Å²) in [6.07, 6.45) is 1.17. The van der Waals surface area contributed by atoms with Gasteiger partial charge in [-0.15, -0.1) is 0 Å². The van der Waals surface area contributed by atoms with Crippen LogP contribution in [0, 0.1) is 0 Å². The van der Waals surface area contributed by atoms with Crippen molar-refractivity contribution >= 4 is 47.2 Å². The van der Waals surface area contributed by atoms with E-state index in [0.29, 0.717) is 35.1 Å². The quantitative estimate of drug-likeness (QED) is 0.676. The maximum absolute atomic E-state index is 11.8. The fraction of sp³-hybridized carbons (Fsp3) is 0.0526. The Balaban J connectivity index is 2.03. The molecule has 1 N–H and O–H groups in total. The Morgan fingerprint density at radius 3 is 2.00 bits per heavy atom. The number of hydrogen-bond acceptors (Lipinski definition) is 6.